The average Bonchev–Trinajstić information content (AvgIpc) is 2.70. The molecule has 0 aromatic rings. The molecule has 0 fully saturated rings. The number of quaternary nitrogens is 1. The molecule has 0 atom stereocenters. The van der Waals surface area contributed by atoms with Gasteiger partial charge >= 0.3 is 0 Å². The number of nitrogens with zero attached hydrogens (tertiary/aromatic N) is 2. The molecule has 0 aliphatic heterocycles. The quantitative estimate of drug-likeness (QED) is 0.0726. The molecule has 0 aromatic carbocycles. The summed E-state index contributed by atoms with van der Waals surface area (Å²) >= 11 is 0. The minimum absolute atomic E-state index is 1.24. The Bertz CT molecular complexity index is 333. The minimum atomic E-state index is -1.75. The first-order chi connectivity index (χ1) is 14.9. The molecule has 0 rings (SSSR count). The monoisotopic (exact) mass is 444 g/mol. The Hall–Kier alpha value is -0.840. The summed E-state index contributed by atoms with van der Waals surface area (Å²) < 4.78 is 1.24. The third kappa shape index (κ3) is 34.0. The SMILES string of the molecule is CCCCCCCCCCCC[N+](C)(C)CCCCCCCCCCCC.O=[N+]([O-])[O-]. The zero-order valence-electron chi connectivity index (χ0n) is 21.7. The molecule has 0 amide bonds. The Morgan fingerprint density at radius 2 is 0.677 bits per heavy atom. The Labute approximate surface area is 194 Å². The molecular weight excluding hydrogens is 388 g/mol. The molecular formula is C26H56N2O3. The van der Waals surface area contributed by atoms with Crippen LogP contribution in [0.2, 0.25) is 0 Å². The summed E-state index contributed by atoms with van der Waals surface area (Å²) in [7, 11) is 4.89. The maximum absolute atomic E-state index is 8.25. The molecule has 0 aliphatic rings. The Kier molecular flexibility index (Phi) is 26.5. The van der Waals surface area contributed by atoms with Gasteiger partial charge in [0, 0.05) is 0 Å². The fourth-order valence-electron chi connectivity index (χ4n) is 4.17. The van der Waals surface area contributed by atoms with Crippen LogP contribution in [0.25, 0.3) is 0 Å². The van der Waals surface area contributed by atoms with E-state index in [4.69, 9.17) is 15.3 Å². The van der Waals surface area contributed by atoms with Gasteiger partial charge in [-0.3, -0.25) is 0 Å². The van der Waals surface area contributed by atoms with Crippen LogP contribution in [0.3, 0.4) is 0 Å². The average molecular weight is 445 g/mol. The van der Waals surface area contributed by atoms with Crippen LogP contribution < -0.4 is 0 Å². The van der Waals surface area contributed by atoms with Gasteiger partial charge in [0.15, 0.2) is 0 Å². The van der Waals surface area contributed by atoms with Crippen molar-refractivity contribution in [1.29, 1.82) is 0 Å². The van der Waals surface area contributed by atoms with E-state index in [-0.39, 0.29) is 0 Å². The lowest BCUT2D eigenvalue weighted by atomic mass is 10.1. The zero-order valence-corrected chi connectivity index (χ0v) is 21.7. The van der Waals surface area contributed by atoms with Crippen molar-refractivity contribution in [2.24, 2.45) is 0 Å². The minimum Gasteiger partial charge on any atom is -0.356 e. The standard InChI is InChI=1S/C26H56N.NO3/c1-5-7-9-11-13-15-17-19-21-23-25-27(3,4)26-24-22-20-18-16-14-12-10-8-6-2;2-1(3)4/h5-26H2,1-4H3;/q+1;-1. The van der Waals surface area contributed by atoms with Crippen molar-refractivity contribution >= 4 is 0 Å². The van der Waals surface area contributed by atoms with Gasteiger partial charge in [-0.2, -0.15) is 0 Å². The van der Waals surface area contributed by atoms with Crippen molar-refractivity contribution in [2.45, 2.75) is 142 Å². The van der Waals surface area contributed by atoms with Gasteiger partial charge in [0.05, 0.1) is 32.3 Å². The van der Waals surface area contributed by atoms with Gasteiger partial charge in [0.2, 0.25) is 0 Å². The Balaban J connectivity index is 0. The van der Waals surface area contributed by atoms with Gasteiger partial charge in [-0.05, 0) is 25.7 Å². The highest BCUT2D eigenvalue weighted by molar-refractivity contribution is 4.50. The second-order valence-electron chi connectivity index (χ2n) is 9.97. The van der Waals surface area contributed by atoms with E-state index in [1.165, 1.54) is 146 Å². The molecule has 0 spiro atoms. The summed E-state index contributed by atoms with van der Waals surface area (Å²) in [4.78, 5) is 8.25. The lowest BCUT2D eigenvalue weighted by molar-refractivity contribution is -0.890. The van der Waals surface area contributed by atoms with Crippen LogP contribution in [0.5, 0.6) is 0 Å². The van der Waals surface area contributed by atoms with Gasteiger partial charge in [-0.25, -0.2) is 0 Å². The predicted octanol–water partition coefficient (Wildman–Crippen LogP) is 8.67. The maximum atomic E-state index is 8.25. The number of rotatable bonds is 22. The zero-order chi connectivity index (χ0) is 23.6. The summed E-state index contributed by atoms with van der Waals surface area (Å²) in [5, 5.41) is 14.8. The predicted molar refractivity (Wildman–Crippen MR) is 136 cm³/mol. The van der Waals surface area contributed by atoms with E-state index in [1.807, 2.05) is 0 Å². The van der Waals surface area contributed by atoms with Crippen LogP contribution in [-0.2, 0) is 0 Å². The molecule has 0 saturated heterocycles. The molecule has 5 heteroatoms. The molecule has 0 unspecified atom stereocenters. The van der Waals surface area contributed by atoms with Gasteiger partial charge in [-0.1, -0.05) is 117 Å². The van der Waals surface area contributed by atoms with Crippen LogP contribution in [-0.4, -0.2) is 36.8 Å². The largest absolute Gasteiger partial charge is 0.356 e. The first kappa shape index (κ1) is 32.3. The number of hydrogen-bond acceptors (Lipinski definition) is 3. The van der Waals surface area contributed by atoms with Crippen molar-refractivity contribution < 1.29 is 9.57 Å². The lowest BCUT2D eigenvalue weighted by Crippen LogP contribution is -2.41. The van der Waals surface area contributed by atoms with Crippen LogP contribution in [0, 0.1) is 15.3 Å². The van der Waals surface area contributed by atoms with Crippen LogP contribution in [0.15, 0.2) is 0 Å². The van der Waals surface area contributed by atoms with E-state index >= 15 is 0 Å². The molecule has 0 heterocycles. The van der Waals surface area contributed by atoms with E-state index < -0.39 is 5.09 Å². The first-order valence-electron chi connectivity index (χ1n) is 13.5. The summed E-state index contributed by atoms with van der Waals surface area (Å²) in [6.45, 7) is 7.37. The highest BCUT2D eigenvalue weighted by Crippen LogP contribution is 2.14. The molecule has 0 aromatic heterocycles. The lowest BCUT2D eigenvalue weighted by Gasteiger charge is -2.30. The third-order valence-corrected chi connectivity index (χ3v) is 6.23. The van der Waals surface area contributed by atoms with E-state index in [0.29, 0.717) is 0 Å². The van der Waals surface area contributed by atoms with Crippen LogP contribution in [0.1, 0.15) is 142 Å². The Morgan fingerprint density at radius 1 is 0.484 bits per heavy atom. The third-order valence-electron chi connectivity index (χ3n) is 6.23. The van der Waals surface area contributed by atoms with E-state index in [9.17, 15) is 0 Å². The van der Waals surface area contributed by atoms with Crippen LogP contribution >= 0.6 is 0 Å². The van der Waals surface area contributed by atoms with Crippen molar-refractivity contribution in [3.8, 4) is 0 Å². The molecule has 5 nitrogen and oxygen atoms in total. The molecule has 0 aliphatic carbocycles. The summed E-state index contributed by atoms with van der Waals surface area (Å²) in [6.07, 6.45) is 29.0. The van der Waals surface area contributed by atoms with Gasteiger partial charge in [0.1, 0.15) is 0 Å². The van der Waals surface area contributed by atoms with E-state index in [1.54, 1.807) is 0 Å². The van der Waals surface area contributed by atoms with E-state index in [0.717, 1.165) is 0 Å². The molecule has 188 valence electrons. The molecule has 0 bridgehead atoms. The van der Waals surface area contributed by atoms with Crippen LogP contribution in [0.4, 0.5) is 0 Å². The fourth-order valence-corrected chi connectivity index (χ4v) is 4.17. The van der Waals surface area contributed by atoms with E-state index in [2.05, 4.69) is 27.9 Å². The second-order valence-corrected chi connectivity index (χ2v) is 9.97. The summed E-state index contributed by atoms with van der Waals surface area (Å²) in [6, 6.07) is 0. The highest BCUT2D eigenvalue weighted by atomic mass is 16.9. The topological polar surface area (TPSA) is 66.2 Å². The normalized spacial score (nSPS) is 11.2. The molecule has 31 heavy (non-hydrogen) atoms. The van der Waals surface area contributed by atoms with Gasteiger partial charge in [-0.15, -0.1) is 0 Å². The fraction of sp³-hybridized carbons (Fsp3) is 1.00. The van der Waals surface area contributed by atoms with Crippen molar-refractivity contribution in [1.82, 2.24) is 0 Å². The molecule has 0 radical (unpaired) electrons. The number of unbranched alkanes of at least 4 members (excludes halogenated alkanes) is 18. The number of hydrogen-bond donors (Lipinski definition) is 0. The van der Waals surface area contributed by atoms with Gasteiger partial charge in [0.25, 0.3) is 0 Å². The smallest absolute Gasteiger partial charge is 0.0782 e. The Morgan fingerprint density at radius 3 is 0.903 bits per heavy atom. The summed E-state index contributed by atoms with van der Waals surface area (Å²) in [5.74, 6) is 0. The molecule has 0 N–H and O–H groups in total. The van der Waals surface area contributed by atoms with Crippen molar-refractivity contribution in [3.63, 3.8) is 0 Å². The summed E-state index contributed by atoms with van der Waals surface area (Å²) in [5.41, 5.74) is 0. The first-order valence-corrected chi connectivity index (χ1v) is 13.5. The molecule has 0 saturated carbocycles. The second kappa shape index (κ2) is 25.4. The maximum Gasteiger partial charge on any atom is 0.0782 e. The van der Waals surface area contributed by atoms with Crippen molar-refractivity contribution in [3.05, 3.63) is 15.3 Å². The highest BCUT2D eigenvalue weighted by Gasteiger charge is 2.13. The van der Waals surface area contributed by atoms with Crippen molar-refractivity contribution in [2.75, 3.05) is 27.2 Å². The van der Waals surface area contributed by atoms with Gasteiger partial charge < -0.3 is 19.8 Å².